The van der Waals surface area contributed by atoms with E-state index in [2.05, 4.69) is 4.99 Å². The molecule has 28 heavy (non-hydrogen) atoms. The van der Waals surface area contributed by atoms with E-state index in [4.69, 9.17) is 21.1 Å². The fourth-order valence-corrected chi connectivity index (χ4v) is 4.16. The first-order chi connectivity index (χ1) is 13.5. The molecule has 0 bridgehead atoms. The Balaban J connectivity index is 1.93. The minimum absolute atomic E-state index is 0.0482. The number of anilines is 1. The van der Waals surface area contributed by atoms with Crippen molar-refractivity contribution in [2.45, 2.75) is 6.92 Å². The van der Waals surface area contributed by atoms with Gasteiger partial charge in [-0.2, -0.15) is 0 Å². The van der Waals surface area contributed by atoms with Gasteiger partial charge in [-0.15, -0.1) is 11.3 Å². The van der Waals surface area contributed by atoms with Crippen LogP contribution in [-0.2, 0) is 14.3 Å². The summed E-state index contributed by atoms with van der Waals surface area (Å²) >= 11 is 8.87. The third-order valence-corrected chi connectivity index (χ3v) is 5.70. The predicted octanol–water partition coefficient (Wildman–Crippen LogP) is 4.45. The van der Waals surface area contributed by atoms with Gasteiger partial charge in [-0.25, -0.2) is 4.99 Å². The fraction of sp³-hybridized carbons (Fsp3) is 0.211. The van der Waals surface area contributed by atoms with Crippen LogP contribution in [0.15, 0.2) is 46.4 Å². The number of thioether (sulfide) groups is 1. The Hall–Kier alpha value is -2.29. The fourth-order valence-electron chi connectivity index (χ4n) is 2.45. The molecule has 0 N–H and O–H groups in total. The molecule has 0 fully saturated rings. The van der Waals surface area contributed by atoms with Crippen LogP contribution in [0, 0.1) is 0 Å². The average molecular weight is 437 g/mol. The molecule has 1 aromatic carbocycles. The highest BCUT2D eigenvalue weighted by atomic mass is 35.5. The zero-order valence-corrected chi connectivity index (χ0v) is 17.6. The Morgan fingerprint density at radius 1 is 1.39 bits per heavy atom. The molecule has 1 aliphatic heterocycles. The smallest absolute Gasteiger partial charge is 0.316 e. The van der Waals surface area contributed by atoms with E-state index in [1.165, 1.54) is 23.3 Å². The van der Waals surface area contributed by atoms with Gasteiger partial charge in [-0.3, -0.25) is 14.5 Å². The van der Waals surface area contributed by atoms with E-state index in [0.29, 0.717) is 33.9 Å². The van der Waals surface area contributed by atoms with E-state index < -0.39 is 0 Å². The number of hydrogen-bond donors (Lipinski definition) is 0. The maximum Gasteiger partial charge on any atom is 0.316 e. The number of benzene rings is 1. The number of methoxy groups -OCH3 is 1. The first kappa shape index (κ1) is 20.4. The van der Waals surface area contributed by atoms with Crippen LogP contribution in [0.3, 0.4) is 0 Å². The van der Waals surface area contributed by atoms with E-state index in [1.54, 1.807) is 31.2 Å². The minimum atomic E-state index is -0.369. The molecule has 0 saturated heterocycles. The summed E-state index contributed by atoms with van der Waals surface area (Å²) in [6, 6.07) is 8.83. The summed E-state index contributed by atoms with van der Waals surface area (Å²) in [5.41, 5.74) is 0.834. The Morgan fingerprint density at radius 2 is 2.21 bits per heavy atom. The molecular weight excluding hydrogens is 420 g/mol. The van der Waals surface area contributed by atoms with E-state index in [9.17, 15) is 9.59 Å². The van der Waals surface area contributed by atoms with Gasteiger partial charge < -0.3 is 9.47 Å². The van der Waals surface area contributed by atoms with Crippen LogP contribution in [0.4, 0.5) is 5.69 Å². The van der Waals surface area contributed by atoms with Crippen molar-refractivity contribution in [2.24, 2.45) is 4.99 Å². The van der Waals surface area contributed by atoms with Gasteiger partial charge in [-0.05, 0) is 42.6 Å². The summed E-state index contributed by atoms with van der Waals surface area (Å²) in [6.07, 6.45) is 1.73. The van der Waals surface area contributed by atoms with Gasteiger partial charge in [0.05, 0.1) is 30.2 Å². The van der Waals surface area contributed by atoms with E-state index in [-0.39, 0.29) is 17.6 Å². The van der Waals surface area contributed by atoms with Crippen molar-refractivity contribution in [2.75, 3.05) is 24.4 Å². The van der Waals surface area contributed by atoms with Crippen LogP contribution in [0.25, 0.3) is 6.08 Å². The summed E-state index contributed by atoms with van der Waals surface area (Å²) in [4.78, 5) is 31.6. The third kappa shape index (κ3) is 4.57. The van der Waals surface area contributed by atoms with Gasteiger partial charge in [0.15, 0.2) is 5.17 Å². The molecule has 0 atom stereocenters. The highest BCUT2D eigenvalue weighted by Gasteiger charge is 2.33. The lowest BCUT2D eigenvalue weighted by atomic mass is 10.2. The van der Waals surface area contributed by atoms with E-state index >= 15 is 0 Å². The van der Waals surface area contributed by atoms with Crippen molar-refractivity contribution in [1.82, 2.24) is 0 Å². The van der Waals surface area contributed by atoms with Crippen molar-refractivity contribution in [1.29, 1.82) is 0 Å². The SMILES string of the molecule is CCOC(=O)CSC1=NC(=Cc2cccs2)C(=O)N1c1ccc(OC)c(Cl)c1. The second-order valence-corrected chi connectivity index (χ2v) is 7.82. The minimum Gasteiger partial charge on any atom is -0.495 e. The number of halogens is 1. The Bertz CT molecular complexity index is 941. The first-order valence-corrected chi connectivity index (χ1v) is 10.6. The lowest BCUT2D eigenvalue weighted by Crippen LogP contribution is -2.31. The molecule has 2 heterocycles. The number of carbonyl (C=O) groups is 2. The molecule has 0 saturated carbocycles. The van der Waals surface area contributed by atoms with Crippen molar-refractivity contribution in [3.05, 3.63) is 51.3 Å². The van der Waals surface area contributed by atoms with Crippen LogP contribution in [-0.4, -0.2) is 36.5 Å². The number of amides is 1. The molecule has 1 aliphatic rings. The number of hydrogen-bond acceptors (Lipinski definition) is 7. The molecule has 6 nitrogen and oxygen atoms in total. The number of aliphatic imine (C=N–C) groups is 1. The lowest BCUT2D eigenvalue weighted by Gasteiger charge is -2.18. The van der Waals surface area contributed by atoms with Crippen molar-refractivity contribution in [3.63, 3.8) is 0 Å². The van der Waals surface area contributed by atoms with Crippen molar-refractivity contribution < 1.29 is 19.1 Å². The molecule has 1 aromatic heterocycles. The quantitative estimate of drug-likeness (QED) is 0.494. The number of esters is 1. The Labute approximate surface area is 175 Å². The van der Waals surface area contributed by atoms with Gasteiger partial charge in [0.1, 0.15) is 11.4 Å². The standard InChI is InChI=1S/C19H17ClN2O4S2/c1-3-26-17(23)11-28-19-21-15(10-13-5-4-8-27-13)18(24)22(19)12-6-7-16(25-2)14(20)9-12/h4-10H,3,11H2,1-2H3. The maximum absolute atomic E-state index is 13.0. The number of carbonyl (C=O) groups excluding carboxylic acids is 2. The van der Waals surface area contributed by atoms with Crippen LogP contribution < -0.4 is 9.64 Å². The molecule has 1 amide bonds. The Morgan fingerprint density at radius 3 is 2.86 bits per heavy atom. The molecule has 2 aromatic rings. The second-order valence-electron chi connectivity index (χ2n) is 5.49. The average Bonchev–Trinajstić information content (AvgIpc) is 3.29. The zero-order valence-electron chi connectivity index (χ0n) is 15.2. The summed E-state index contributed by atoms with van der Waals surface area (Å²) in [6.45, 7) is 2.04. The molecule has 9 heteroatoms. The third-order valence-electron chi connectivity index (χ3n) is 3.67. The van der Waals surface area contributed by atoms with Crippen molar-refractivity contribution >= 4 is 63.5 Å². The number of amidine groups is 1. The van der Waals surface area contributed by atoms with Crippen LogP contribution in [0.2, 0.25) is 5.02 Å². The van der Waals surface area contributed by atoms with Gasteiger partial charge >= 0.3 is 5.97 Å². The zero-order chi connectivity index (χ0) is 20.1. The molecule has 0 spiro atoms. The van der Waals surface area contributed by atoms with E-state index in [1.807, 2.05) is 17.5 Å². The molecule has 3 rings (SSSR count). The van der Waals surface area contributed by atoms with Gasteiger partial charge in [0.25, 0.3) is 5.91 Å². The summed E-state index contributed by atoms with van der Waals surface area (Å²) in [7, 11) is 1.52. The van der Waals surface area contributed by atoms with Crippen LogP contribution in [0.5, 0.6) is 5.75 Å². The molecule has 146 valence electrons. The molecule has 0 aliphatic carbocycles. The van der Waals surface area contributed by atoms with Gasteiger partial charge in [0, 0.05) is 4.88 Å². The maximum atomic E-state index is 13.0. The van der Waals surface area contributed by atoms with Gasteiger partial charge in [0.2, 0.25) is 0 Å². The number of ether oxygens (including phenoxy) is 2. The van der Waals surface area contributed by atoms with E-state index in [0.717, 1.165) is 16.6 Å². The Kier molecular flexibility index (Phi) is 6.77. The monoisotopic (exact) mass is 436 g/mol. The molecule has 0 radical (unpaired) electrons. The normalized spacial score (nSPS) is 15.1. The van der Waals surface area contributed by atoms with Crippen LogP contribution in [0.1, 0.15) is 11.8 Å². The van der Waals surface area contributed by atoms with Gasteiger partial charge in [-0.1, -0.05) is 29.4 Å². The summed E-state index contributed by atoms with van der Waals surface area (Å²) in [5.74, 6) is -0.108. The number of rotatable bonds is 6. The number of thiophene rings is 1. The lowest BCUT2D eigenvalue weighted by molar-refractivity contribution is -0.139. The predicted molar refractivity (Wildman–Crippen MR) is 114 cm³/mol. The van der Waals surface area contributed by atoms with Crippen LogP contribution >= 0.6 is 34.7 Å². The number of nitrogens with zero attached hydrogens (tertiary/aromatic N) is 2. The van der Waals surface area contributed by atoms with Crippen molar-refractivity contribution in [3.8, 4) is 5.75 Å². The molecule has 0 unspecified atom stereocenters. The largest absolute Gasteiger partial charge is 0.495 e. The highest BCUT2D eigenvalue weighted by molar-refractivity contribution is 8.14. The topological polar surface area (TPSA) is 68.2 Å². The highest BCUT2D eigenvalue weighted by Crippen LogP contribution is 2.34. The first-order valence-electron chi connectivity index (χ1n) is 8.33. The summed E-state index contributed by atoms with van der Waals surface area (Å²) in [5, 5.41) is 2.69. The molecular formula is C19H17ClN2O4S2. The summed E-state index contributed by atoms with van der Waals surface area (Å²) < 4.78 is 10.1. The second kappa shape index (κ2) is 9.27.